The average Bonchev–Trinajstić information content (AvgIpc) is 2.19. The van der Waals surface area contributed by atoms with Gasteiger partial charge in [-0.3, -0.25) is 0 Å². The van der Waals surface area contributed by atoms with Crippen molar-refractivity contribution < 1.29 is 18.3 Å². The van der Waals surface area contributed by atoms with Gasteiger partial charge in [-0.2, -0.15) is 13.2 Å². The highest BCUT2D eigenvalue weighted by Crippen LogP contribution is 2.38. The summed E-state index contributed by atoms with van der Waals surface area (Å²) < 4.78 is 38.5. The van der Waals surface area contributed by atoms with E-state index in [1.807, 2.05) is 0 Å². The van der Waals surface area contributed by atoms with Gasteiger partial charge in [0.05, 0.1) is 5.56 Å². The van der Waals surface area contributed by atoms with Gasteiger partial charge < -0.3 is 5.11 Å². The van der Waals surface area contributed by atoms with E-state index < -0.39 is 11.7 Å². The lowest BCUT2D eigenvalue weighted by molar-refractivity contribution is -0.140. The average molecular weight is 330 g/mol. The van der Waals surface area contributed by atoms with Gasteiger partial charge in [-0.15, -0.1) is 11.8 Å². The van der Waals surface area contributed by atoms with E-state index >= 15 is 0 Å². The predicted molar refractivity (Wildman–Crippen MR) is 64.0 cm³/mol. The molecule has 1 aromatic rings. The third kappa shape index (κ3) is 4.48. The van der Waals surface area contributed by atoms with Crippen molar-refractivity contribution in [3.8, 4) is 0 Å². The number of thioether (sulfide) groups is 1. The standard InChI is InChI=1S/C10H11BrF3NOS/c1-6(2-3-16)17-9-8(10(12,13)14)4-7(11)5-15-9/h4-6,16H,2-3H2,1H3. The summed E-state index contributed by atoms with van der Waals surface area (Å²) in [5.74, 6) is 0. The number of aliphatic hydroxyl groups is 1. The molecule has 0 saturated heterocycles. The molecule has 96 valence electrons. The van der Waals surface area contributed by atoms with Crippen molar-refractivity contribution in [3.63, 3.8) is 0 Å². The molecule has 0 aromatic carbocycles. The lowest BCUT2D eigenvalue weighted by atomic mass is 10.3. The number of rotatable bonds is 4. The molecule has 0 aliphatic heterocycles. The largest absolute Gasteiger partial charge is 0.419 e. The van der Waals surface area contributed by atoms with E-state index in [0.717, 1.165) is 17.8 Å². The summed E-state index contributed by atoms with van der Waals surface area (Å²) in [5, 5.41) is 8.55. The summed E-state index contributed by atoms with van der Waals surface area (Å²) in [5.41, 5.74) is -0.748. The maximum absolute atomic E-state index is 12.7. The molecule has 1 aromatic heterocycles. The molecular formula is C10H11BrF3NOS. The molecule has 1 heterocycles. The minimum atomic E-state index is -4.42. The molecule has 0 amide bonds. The van der Waals surface area contributed by atoms with Gasteiger partial charge in [0, 0.05) is 22.5 Å². The first-order valence-electron chi connectivity index (χ1n) is 4.85. The van der Waals surface area contributed by atoms with Crippen LogP contribution in [-0.2, 0) is 6.18 Å². The van der Waals surface area contributed by atoms with Crippen LogP contribution in [0.25, 0.3) is 0 Å². The molecule has 0 fully saturated rings. The van der Waals surface area contributed by atoms with Gasteiger partial charge in [0.2, 0.25) is 0 Å². The van der Waals surface area contributed by atoms with E-state index in [-0.39, 0.29) is 16.9 Å². The SMILES string of the molecule is CC(CCO)Sc1ncc(Br)cc1C(F)(F)F. The maximum Gasteiger partial charge on any atom is 0.419 e. The van der Waals surface area contributed by atoms with Crippen molar-refractivity contribution in [2.24, 2.45) is 0 Å². The summed E-state index contributed by atoms with van der Waals surface area (Å²) in [6.45, 7) is 1.71. The number of halogens is 4. The molecule has 1 N–H and O–H groups in total. The van der Waals surface area contributed by atoms with Gasteiger partial charge in [-0.1, -0.05) is 6.92 Å². The Morgan fingerprint density at radius 3 is 2.71 bits per heavy atom. The van der Waals surface area contributed by atoms with Gasteiger partial charge in [-0.25, -0.2) is 4.98 Å². The number of aliphatic hydroxyl groups excluding tert-OH is 1. The normalized spacial score (nSPS) is 13.8. The zero-order valence-electron chi connectivity index (χ0n) is 8.96. The molecule has 0 saturated carbocycles. The van der Waals surface area contributed by atoms with E-state index in [1.54, 1.807) is 6.92 Å². The van der Waals surface area contributed by atoms with Crippen LogP contribution in [0.15, 0.2) is 21.8 Å². The van der Waals surface area contributed by atoms with Crippen molar-refractivity contribution in [2.45, 2.75) is 29.8 Å². The first-order valence-corrected chi connectivity index (χ1v) is 6.52. The molecule has 1 rings (SSSR count). The maximum atomic E-state index is 12.7. The van der Waals surface area contributed by atoms with Crippen LogP contribution < -0.4 is 0 Å². The van der Waals surface area contributed by atoms with E-state index in [4.69, 9.17) is 5.11 Å². The smallest absolute Gasteiger partial charge is 0.396 e. The molecule has 0 radical (unpaired) electrons. The summed E-state index contributed by atoms with van der Waals surface area (Å²) in [4.78, 5) is 3.78. The topological polar surface area (TPSA) is 33.1 Å². The van der Waals surface area contributed by atoms with Gasteiger partial charge in [0.1, 0.15) is 5.03 Å². The Labute approximate surface area is 110 Å². The number of aromatic nitrogens is 1. The molecular weight excluding hydrogens is 319 g/mol. The Morgan fingerprint density at radius 1 is 1.53 bits per heavy atom. The van der Waals surface area contributed by atoms with Gasteiger partial charge in [-0.05, 0) is 28.4 Å². The second kappa shape index (κ2) is 6.06. The zero-order valence-corrected chi connectivity index (χ0v) is 11.4. The summed E-state index contributed by atoms with van der Waals surface area (Å²) in [6.07, 6.45) is -2.65. The first-order chi connectivity index (χ1) is 7.84. The lowest BCUT2D eigenvalue weighted by Crippen LogP contribution is -2.10. The van der Waals surface area contributed by atoms with Crippen LogP contribution in [0.2, 0.25) is 0 Å². The number of pyridine rings is 1. The van der Waals surface area contributed by atoms with Crippen molar-refractivity contribution in [1.29, 1.82) is 0 Å². The fourth-order valence-electron chi connectivity index (χ4n) is 1.16. The molecule has 7 heteroatoms. The van der Waals surface area contributed by atoms with Crippen molar-refractivity contribution in [1.82, 2.24) is 4.98 Å². The van der Waals surface area contributed by atoms with Crippen molar-refractivity contribution >= 4 is 27.7 Å². The van der Waals surface area contributed by atoms with E-state index in [1.165, 1.54) is 6.20 Å². The Bertz CT molecular complexity index is 386. The highest BCUT2D eigenvalue weighted by molar-refractivity contribution is 9.10. The second-order valence-electron chi connectivity index (χ2n) is 3.44. The molecule has 17 heavy (non-hydrogen) atoms. The number of nitrogens with zero attached hydrogens (tertiary/aromatic N) is 1. The Morgan fingerprint density at radius 2 is 2.18 bits per heavy atom. The van der Waals surface area contributed by atoms with E-state index in [2.05, 4.69) is 20.9 Å². The Hall–Kier alpha value is -0.270. The Balaban J connectivity index is 2.99. The number of hydrogen-bond acceptors (Lipinski definition) is 3. The quantitative estimate of drug-likeness (QED) is 0.854. The van der Waals surface area contributed by atoms with Crippen molar-refractivity contribution in [2.75, 3.05) is 6.61 Å². The predicted octanol–water partition coefficient (Wildman–Crippen LogP) is 3.73. The van der Waals surface area contributed by atoms with Crippen LogP contribution in [0.4, 0.5) is 13.2 Å². The van der Waals surface area contributed by atoms with Gasteiger partial charge >= 0.3 is 6.18 Å². The molecule has 0 aliphatic rings. The molecule has 1 atom stereocenters. The zero-order chi connectivity index (χ0) is 13.1. The highest BCUT2D eigenvalue weighted by Gasteiger charge is 2.35. The number of alkyl halides is 3. The van der Waals surface area contributed by atoms with Crippen LogP contribution in [0, 0.1) is 0 Å². The fraction of sp³-hybridized carbons (Fsp3) is 0.500. The molecule has 0 bridgehead atoms. The second-order valence-corrected chi connectivity index (χ2v) is 5.79. The van der Waals surface area contributed by atoms with Crippen LogP contribution in [0.5, 0.6) is 0 Å². The molecule has 1 unspecified atom stereocenters. The first kappa shape index (κ1) is 14.8. The fourth-order valence-corrected chi connectivity index (χ4v) is 2.51. The summed E-state index contributed by atoms with van der Waals surface area (Å²) in [7, 11) is 0. The van der Waals surface area contributed by atoms with E-state index in [0.29, 0.717) is 10.9 Å². The van der Waals surface area contributed by atoms with Crippen LogP contribution in [0.3, 0.4) is 0 Å². The van der Waals surface area contributed by atoms with Crippen LogP contribution >= 0.6 is 27.7 Å². The lowest BCUT2D eigenvalue weighted by Gasteiger charge is -2.14. The molecule has 0 spiro atoms. The Kier molecular flexibility index (Phi) is 5.27. The minimum absolute atomic E-state index is 0.0496. The summed E-state index contributed by atoms with van der Waals surface area (Å²) in [6, 6.07) is 1.01. The van der Waals surface area contributed by atoms with Crippen molar-refractivity contribution in [3.05, 3.63) is 22.3 Å². The number of hydrogen-bond donors (Lipinski definition) is 1. The minimum Gasteiger partial charge on any atom is -0.396 e. The highest BCUT2D eigenvalue weighted by atomic mass is 79.9. The third-order valence-electron chi connectivity index (χ3n) is 1.97. The van der Waals surface area contributed by atoms with Gasteiger partial charge in [0.15, 0.2) is 0 Å². The third-order valence-corrected chi connectivity index (χ3v) is 3.59. The van der Waals surface area contributed by atoms with Crippen LogP contribution in [-0.4, -0.2) is 21.9 Å². The summed E-state index contributed by atoms with van der Waals surface area (Å²) >= 11 is 3.99. The van der Waals surface area contributed by atoms with E-state index in [9.17, 15) is 13.2 Å². The monoisotopic (exact) mass is 329 g/mol. The van der Waals surface area contributed by atoms with Gasteiger partial charge in [0.25, 0.3) is 0 Å². The van der Waals surface area contributed by atoms with Crippen LogP contribution in [0.1, 0.15) is 18.9 Å². The molecule has 2 nitrogen and oxygen atoms in total. The molecule has 0 aliphatic carbocycles.